The lowest BCUT2D eigenvalue weighted by atomic mass is 10.1. The van der Waals surface area contributed by atoms with Gasteiger partial charge in [-0.2, -0.15) is 5.10 Å². The number of carbonyl (C=O) groups is 1. The minimum atomic E-state index is -3.07. The van der Waals surface area contributed by atoms with Crippen molar-refractivity contribution in [1.82, 2.24) is 15.1 Å². The molecule has 1 aromatic carbocycles. The molecule has 0 aliphatic carbocycles. The maximum atomic E-state index is 12.7. The molecule has 0 radical (unpaired) electrons. The minimum absolute atomic E-state index is 0.192. The van der Waals surface area contributed by atoms with Gasteiger partial charge in [-0.05, 0) is 37.1 Å². The molecule has 146 valence electrons. The number of likely N-dealkylation sites (tertiary alicyclic amines) is 1. The molecule has 0 spiro atoms. The first-order chi connectivity index (χ1) is 12.8. The van der Waals surface area contributed by atoms with Crippen LogP contribution in [0.25, 0.3) is 11.3 Å². The van der Waals surface area contributed by atoms with Crippen LogP contribution in [0.3, 0.4) is 0 Å². The van der Waals surface area contributed by atoms with Crippen LogP contribution >= 0.6 is 0 Å². The van der Waals surface area contributed by atoms with Crippen molar-refractivity contribution in [1.29, 1.82) is 0 Å². The molecule has 0 atom stereocenters. The molecule has 1 saturated heterocycles. The van der Waals surface area contributed by atoms with E-state index in [9.17, 15) is 13.2 Å². The normalized spacial score (nSPS) is 15.6. The second-order valence-electron chi connectivity index (χ2n) is 6.55. The number of aromatic amines is 1. The van der Waals surface area contributed by atoms with Crippen LogP contribution < -0.4 is 9.47 Å². The summed E-state index contributed by atoms with van der Waals surface area (Å²) < 4.78 is 33.9. The van der Waals surface area contributed by atoms with Crippen LogP contribution in [0.5, 0.6) is 11.5 Å². The first kappa shape index (κ1) is 19.2. The van der Waals surface area contributed by atoms with Crippen LogP contribution in [0.2, 0.25) is 0 Å². The number of rotatable bonds is 5. The minimum Gasteiger partial charge on any atom is -0.497 e. The van der Waals surface area contributed by atoms with Crippen LogP contribution in [-0.2, 0) is 9.84 Å². The molecular formula is C18H23N3O5S. The summed E-state index contributed by atoms with van der Waals surface area (Å²) in [6.07, 6.45) is 2.16. The summed E-state index contributed by atoms with van der Waals surface area (Å²) in [6.45, 7) is 0.820. The summed E-state index contributed by atoms with van der Waals surface area (Å²) >= 11 is 0. The quantitative estimate of drug-likeness (QED) is 0.830. The zero-order chi connectivity index (χ0) is 19.6. The van der Waals surface area contributed by atoms with Gasteiger partial charge >= 0.3 is 0 Å². The number of nitrogens with zero attached hydrogens (tertiary/aromatic N) is 2. The van der Waals surface area contributed by atoms with Crippen molar-refractivity contribution in [3.05, 3.63) is 30.0 Å². The Hall–Kier alpha value is -2.55. The van der Waals surface area contributed by atoms with E-state index in [-0.39, 0.29) is 11.2 Å². The van der Waals surface area contributed by atoms with E-state index in [2.05, 4.69) is 10.2 Å². The summed E-state index contributed by atoms with van der Waals surface area (Å²) in [6, 6.07) is 7.02. The van der Waals surface area contributed by atoms with Gasteiger partial charge in [0.25, 0.3) is 5.91 Å². The van der Waals surface area contributed by atoms with Crippen molar-refractivity contribution >= 4 is 15.7 Å². The third-order valence-electron chi connectivity index (χ3n) is 4.83. The second kappa shape index (κ2) is 7.59. The van der Waals surface area contributed by atoms with E-state index in [1.807, 2.05) is 0 Å². The van der Waals surface area contributed by atoms with Crippen molar-refractivity contribution in [2.75, 3.05) is 33.6 Å². The summed E-state index contributed by atoms with van der Waals surface area (Å²) in [7, 11) is 0.0703. The zero-order valence-corrected chi connectivity index (χ0v) is 16.4. The van der Waals surface area contributed by atoms with Crippen LogP contribution in [0.1, 0.15) is 23.3 Å². The highest BCUT2D eigenvalue weighted by molar-refractivity contribution is 7.91. The molecule has 1 N–H and O–H groups in total. The highest BCUT2D eigenvalue weighted by Crippen LogP contribution is 2.32. The molecule has 9 heteroatoms. The van der Waals surface area contributed by atoms with E-state index in [0.717, 1.165) is 0 Å². The largest absolute Gasteiger partial charge is 0.497 e. The van der Waals surface area contributed by atoms with Crippen molar-refractivity contribution in [2.24, 2.45) is 0 Å². The van der Waals surface area contributed by atoms with Gasteiger partial charge in [-0.1, -0.05) is 0 Å². The SMILES string of the molecule is COc1ccc(OC)c(-c2cc(C(=O)N3CCC(S(C)(=O)=O)CC3)[nH]n2)c1. The number of sulfone groups is 1. The van der Waals surface area contributed by atoms with Gasteiger partial charge in [-0.15, -0.1) is 0 Å². The highest BCUT2D eigenvalue weighted by atomic mass is 32.2. The Morgan fingerprint density at radius 3 is 2.48 bits per heavy atom. The van der Waals surface area contributed by atoms with Gasteiger partial charge < -0.3 is 14.4 Å². The number of hydrogen-bond donors (Lipinski definition) is 1. The zero-order valence-electron chi connectivity index (χ0n) is 15.6. The molecule has 1 fully saturated rings. The molecule has 3 rings (SSSR count). The molecule has 27 heavy (non-hydrogen) atoms. The number of carbonyl (C=O) groups excluding carboxylic acids is 1. The standard InChI is InChI=1S/C18H23N3O5S/c1-25-12-4-5-17(26-2)14(10-12)15-11-16(20-19-15)18(22)21-8-6-13(7-9-21)27(3,23)24/h4-5,10-11,13H,6-9H2,1-3H3,(H,19,20). The first-order valence-corrected chi connectivity index (χ1v) is 10.5. The fraction of sp³-hybridized carbons (Fsp3) is 0.444. The molecule has 1 aliphatic heterocycles. The summed E-state index contributed by atoms with van der Waals surface area (Å²) in [5.74, 6) is 1.09. The van der Waals surface area contributed by atoms with E-state index in [1.165, 1.54) is 6.26 Å². The fourth-order valence-corrected chi connectivity index (χ4v) is 4.31. The summed E-state index contributed by atoms with van der Waals surface area (Å²) in [5, 5.41) is 6.64. The average molecular weight is 393 g/mol. The molecule has 1 aliphatic rings. The Bertz CT molecular complexity index is 930. The number of piperidine rings is 1. The Morgan fingerprint density at radius 2 is 1.89 bits per heavy atom. The highest BCUT2D eigenvalue weighted by Gasteiger charge is 2.30. The van der Waals surface area contributed by atoms with E-state index < -0.39 is 9.84 Å². The van der Waals surface area contributed by atoms with Gasteiger partial charge in [0.05, 0.1) is 25.2 Å². The third kappa shape index (κ3) is 4.08. The molecule has 0 unspecified atom stereocenters. The molecule has 0 saturated carbocycles. The molecule has 1 amide bonds. The second-order valence-corrected chi connectivity index (χ2v) is 8.88. The average Bonchev–Trinajstić information content (AvgIpc) is 3.16. The Kier molecular flexibility index (Phi) is 5.41. The molecular weight excluding hydrogens is 370 g/mol. The molecule has 2 heterocycles. The number of ether oxygens (including phenoxy) is 2. The molecule has 0 bridgehead atoms. The number of hydrogen-bond acceptors (Lipinski definition) is 6. The van der Waals surface area contributed by atoms with Gasteiger partial charge in [-0.25, -0.2) is 8.42 Å². The topological polar surface area (TPSA) is 102 Å². The lowest BCUT2D eigenvalue weighted by Gasteiger charge is -2.30. The van der Waals surface area contributed by atoms with E-state index in [1.54, 1.807) is 43.4 Å². The van der Waals surface area contributed by atoms with Crippen molar-refractivity contribution in [2.45, 2.75) is 18.1 Å². The lowest BCUT2D eigenvalue weighted by Crippen LogP contribution is -2.42. The maximum absolute atomic E-state index is 12.7. The van der Waals surface area contributed by atoms with Crippen LogP contribution in [0.4, 0.5) is 0 Å². The van der Waals surface area contributed by atoms with Crippen molar-refractivity contribution in [3.8, 4) is 22.8 Å². The van der Waals surface area contributed by atoms with Gasteiger partial charge in [0, 0.05) is 24.9 Å². The summed E-state index contributed by atoms with van der Waals surface area (Å²) in [4.78, 5) is 14.4. The Labute approximate surface area is 158 Å². The fourth-order valence-electron chi connectivity index (χ4n) is 3.24. The molecule has 8 nitrogen and oxygen atoms in total. The number of benzene rings is 1. The van der Waals surface area contributed by atoms with Crippen molar-refractivity contribution in [3.63, 3.8) is 0 Å². The Morgan fingerprint density at radius 1 is 1.19 bits per heavy atom. The first-order valence-electron chi connectivity index (χ1n) is 8.59. The number of aromatic nitrogens is 2. The summed E-state index contributed by atoms with van der Waals surface area (Å²) in [5.41, 5.74) is 1.63. The Balaban J connectivity index is 1.78. The van der Waals surface area contributed by atoms with Crippen LogP contribution in [-0.4, -0.2) is 68.2 Å². The predicted octanol–water partition coefficient (Wildman–Crippen LogP) is 1.74. The maximum Gasteiger partial charge on any atom is 0.271 e. The van der Waals surface area contributed by atoms with Crippen LogP contribution in [0, 0.1) is 0 Å². The monoisotopic (exact) mass is 393 g/mol. The van der Waals surface area contributed by atoms with E-state index in [0.29, 0.717) is 54.4 Å². The van der Waals surface area contributed by atoms with Gasteiger partial charge in [0.2, 0.25) is 0 Å². The number of nitrogens with one attached hydrogen (secondary N) is 1. The van der Waals surface area contributed by atoms with Gasteiger partial charge in [-0.3, -0.25) is 9.89 Å². The van der Waals surface area contributed by atoms with Crippen LogP contribution in [0.15, 0.2) is 24.3 Å². The van der Waals surface area contributed by atoms with E-state index >= 15 is 0 Å². The third-order valence-corrected chi connectivity index (χ3v) is 6.51. The number of methoxy groups -OCH3 is 2. The van der Waals surface area contributed by atoms with E-state index in [4.69, 9.17) is 9.47 Å². The number of amides is 1. The van der Waals surface area contributed by atoms with Crippen molar-refractivity contribution < 1.29 is 22.7 Å². The number of H-pyrrole nitrogens is 1. The smallest absolute Gasteiger partial charge is 0.271 e. The molecule has 2 aromatic rings. The molecule has 1 aromatic heterocycles. The van der Waals surface area contributed by atoms with Gasteiger partial charge in [0.15, 0.2) is 0 Å². The predicted molar refractivity (Wildman–Crippen MR) is 101 cm³/mol. The van der Waals surface area contributed by atoms with Gasteiger partial charge in [0.1, 0.15) is 27.0 Å². The lowest BCUT2D eigenvalue weighted by molar-refractivity contribution is 0.0719.